The molecule has 2 aliphatic carbocycles. The number of hydrogen-bond acceptors (Lipinski definition) is 5. The number of rotatable bonds is 7. The third kappa shape index (κ3) is 6.25. The number of nitrogens with one attached hydrogen (secondary N) is 1. The summed E-state index contributed by atoms with van der Waals surface area (Å²) in [6.07, 6.45) is 2.86. The molecule has 1 aliphatic heterocycles. The number of fused-ring (bicyclic) bond motifs is 1. The van der Waals surface area contributed by atoms with Gasteiger partial charge in [-0.3, -0.25) is 9.59 Å². The molecule has 0 aromatic heterocycles. The van der Waals surface area contributed by atoms with Crippen molar-refractivity contribution >= 4 is 18.0 Å². The predicted molar refractivity (Wildman–Crippen MR) is 144 cm³/mol. The van der Waals surface area contributed by atoms with Crippen molar-refractivity contribution < 1.29 is 32.6 Å². The van der Waals surface area contributed by atoms with Crippen LogP contribution in [0.1, 0.15) is 62.1 Å². The summed E-state index contributed by atoms with van der Waals surface area (Å²) < 4.78 is 44.5. The van der Waals surface area contributed by atoms with Crippen LogP contribution in [0.15, 0.2) is 54.6 Å². The van der Waals surface area contributed by atoms with E-state index in [0.717, 1.165) is 30.8 Å². The molecular formula is C31H35F3N2O4. The lowest BCUT2D eigenvalue weighted by Gasteiger charge is -2.58. The average molecular weight is 557 g/mol. The molecule has 0 radical (unpaired) electrons. The summed E-state index contributed by atoms with van der Waals surface area (Å²) in [5, 5.41) is 15.2. The first-order valence-corrected chi connectivity index (χ1v) is 13.9. The van der Waals surface area contributed by atoms with E-state index in [0.29, 0.717) is 43.9 Å². The van der Waals surface area contributed by atoms with Gasteiger partial charge in [0.05, 0.1) is 11.2 Å². The lowest BCUT2D eigenvalue weighted by molar-refractivity contribution is -0.137. The van der Waals surface area contributed by atoms with Gasteiger partial charge < -0.3 is 20.1 Å². The summed E-state index contributed by atoms with van der Waals surface area (Å²) in [5.41, 5.74) is -1.30. The molecule has 40 heavy (non-hydrogen) atoms. The topological polar surface area (TPSA) is 78.9 Å². The van der Waals surface area contributed by atoms with Crippen LogP contribution in [0.2, 0.25) is 0 Å². The lowest BCUT2D eigenvalue weighted by Crippen LogP contribution is -2.67. The van der Waals surface area contributed by atoms with Crippen LogP contribution in [0, 0.1) is 5.92 Å². The fourth-order valence-electron chi connectivity index (χ4n) is 6.47. The van der Waals surface area contributed by atoms with E-state index >= 15 is 0 Å². The number of carbonyl (C=O) groups is 2. The van der Waals surface area contributed by atoms with Gasteiger partial charge in [0, 0.05) is 37.5 Å². The second-order valence-electron chi connectivity index (χ2n) is 11.6. The van der Waals surface area contributed by atoms with Crippen molar-refractivity contribution in [3.63, 3.8) is 0 Å². The smallest absolute Gasteiger partial charge is 0.416 e. The highest BCUT2D eigenvalue weighted by molar-refractivity contribution is 5.92. The van der Waals surface area contributed by atoms with Crippen molar-refractivity contribution in [2.75, 3.05) is 19.6 Å². The molecule has 3 atom stereocenters. The van der Waals surface area contributed by atoms with E-state index in [1.54, 1.807) is 6.07 Å². The molecule has 3 aliphatic rings. The number of carbonyl (C=O) groups excluding carboxylic acids is 2. The second-order valence-corrected chi connectivity index (χ2v) is 11.6. The van der Waals surface area contributed by atoms with Crippen LogP contribution in [0.4, 0.5) is 13.2 Å². The Bertz CT molecular complexity index is 1290. The van der Waals surface area contributed by atoms with Gasteiger partial charge in [-0.1, -0.05) is 24.3 Å². The molecule has 3 fully saturated rings. The van der Waals surface area contributed by atoms with Gasteiger partial charge in [0.25, 0.3) is 0 Å². The predicted octanol–water partition coefficient (Wildman–Crippen LogP) is 5.10. The summed E-state index contributed by atoms with van der Waals surface area (Å²) in [6, 6.07) is 11.9. The van der Waals surface area contributed by atoms with Crippen molar-refractivity contribution in [3.05, 3.63) is 71.3 Å². The van der Waals surface area contributed by atoms with Gasteiger partial charge in [-0.25, -0.2) is 0 Å². The number of alkyl halides is 3. The fraction of sp³-hybridized carbons (Fsp3) is 0.484. The maximum absolute atomic E-state index is 13.0. The number of aliphatic hydroxyl groups is 1. The van der Waals surface area contributed by atoms with Gasteiger partial charge in [0.1, 0.15) is 5.75 Å². The zero-order valence-electron chi connectivity index (χ0n) is 22.5. The highest BCUT2D eigenvalue weighted by Gasteiger charge is 2.58. The maximum atomic E-state index is 13.0. The van der Waals surface area contributed by atoms with Crippen LogP contribution in [-0.2, 0) is 21.2 Å². The normalized spacial score (nSPS) is 27.3. The first-order chi connectivity index (χ1) is 19.0. The quantitative estimate of drug-likeness (QED) is 0.282. The van der Waals surface area contributed by atoms with Crippen LogP contribution in [0.5, 0.6) is 5.75 Å². The molecule has 2 saturated carbocycles. The average Bonchev–Trinajstić information content (AvgIpc) is 3.71. The molecule has 1 amide bonds. The molecule has 9 heteroatoms. The number of benzene rings is 2. The molecule has 2 N–H and O–H groups in total. The van der Waals surface area contributed by atoms with E-state index in [2.05, 4.69) is 10.2 Å². The molecule has 214 valence electrons. The Balaban J connectivity index is 1.35. The number of piperidine rings is 1. The maximum Gasteiger partial charge on any atom is 0.416 e. The number of nitrogens with zero attached hydrogens (tertiary/aromatic N) is 1. The number of β-amino-alcohol motifs (C(OH)–C–C–N with tert-alkyl or cyclic N) is 1. The standard InChI is InChI=1S/C31H35F3N2O4/c1-21(37)40-27-7-3-5-24(17-27)29-14-15-36(19-23-8-9-23)20-30(29,39)13-12-26(18-29)35-28(38)11-10-22-4-2-6-25(16-22)31(32,33)34/h2-7,10-11,16-17,23,26,39H,8-9,12-15,18-20H2,1H3,(H,35,38). The van der Waals surface area contributed by atoms with Crippen molar-refractivity contribution in [3.8, 4) is 5.75 Å². The minimum absolute atomic E-state index is 0.244. The van der Waals surface area contributed by atoms with Gasteiger partial charge in [-0.05, 0) is 92.5 Å². The summed E-state index contributed by atoms with van der Waals surface area (Å²) in [4.78, 5) is 26.8. The van der Waals surface area contributed by atoms with Crippen molar-refractivity contribution in [1.29, 1.82) is 0 Å². The number of likely N-dealkylation sites (tertiary alicyclic amines) is 1. The molecule has 5 rings (SSSR count). The highest BCUT2D eigenvalue weighted by atomic mass is 19.4. The zero-order valence-corrected chi connectivity index (χ0v) is 22.5. The summed E-state index contributed by atoms with van der Waals surface area (Å²) in [7, 11) is 0. The molecule has 2 aromatic rings. The van der Waals surface area contributed by atoms with Crippen LogP contribution >= 0.6 is 0 Å². The Morgan fingerprint density at radius 3 is 2.62 bits per heavy atom. The number of amides is 1. The van der Waals surface area contributed by atoms with Gasteiger partial charge in [-0.2, -0.15) is 13.2 Å². The van der Waals surface area contributed by atoms with E-state index in [4.69, 9.17) is 4.74 Å². The molecule has 6 nitrogen and oxygen atoms in total. The second kappa shape index (κ2) is 11.0. The van der Waals surface area contributed by atoms with Crippen LogP contribution < -0.4 is 10.1 Å². The summed E-state index contributed by atoms with van der Waals surface area (Å²) in [5.74, 6) is 0.285. The first-order valence-electron chi connectivity index (χ1n) is 13.9. The van der Waals surface area contributed by atoms with E-state index in [1.165, 1.54) is 44.1 Å². The number of hydrogen-bond donors (Lipinski definition) is 2. The zero-order chi connectivity index (χ0) is 28.5. The largest absolute Gasteiger partial charge is 0.427 e. The summed E-state index contributed by atoms with van der Waals surface area (Å²) in [6.45, 7) is 3.67. The molecule has 1 heterocycles. The highest BCUT2D eigenvalue weighted by Crippen LogP contribution is 2.52. The Labute approximate surface area is 232 Å². The Morgan fingerprint density at radius 1 is 1.12 bits per heavy atom. The molecule has 0 spiro atoms. The van der Waals surface area contributed by atoms with Crippen molar-refractivity contribution in [1.82, 2.24) is 10.2 Å². The van der Waals surface area contributed by atoms with E-state index in [-0.39, 0.29) is 11.6 Å². The van der Waals surface area contributed by atoms with Gasteiger partial charge in [0.15, 0.2) is 0 Å². The fourth-order valence-corrected chi connectivity index (χ4v) is 6.47. The molecular weight excluding hydrogens is 521 g/mol. The van der Waals surface area contributed by atoms with Crippen LogP contribution in [0.3, 0.4) is 0 Å². The van der Waals surface area contributed by atoms with Crippen LogP contribution in [0.25, 0.3) is 6.08 Å². The van der Waals surface area contributed by atoms with E-state index in [9.17, 15) is 27.9 Å². The first kappa shape index (κ1) is 28.4. The third-order valence-electron chi connectivity index (χ3n) is 8.58. The third-order valence-corrected chi connectivity index (χ3v) is 8.58. The Kier molecular flexibility index (Phi) is 7.81. The SMILES string of the molecule is CC(=O)Oc1cccc(C23CCN(CC4CC4)CC2(O)CCC(NC(=O)C=Cc2cccc(C(F)(F)F)c2)C3)c1. The van der Waals surface area contributed by atoms with E-state index in [1.807, 2.05) is 18.2 Å². The summed E-state index contributed by atoms with van der Waals surface area (Å²) >= 11 is 0. The number of esters is 1. The monoisotopic (exact) mass is 556 g/mol. The Morgan fingerprint density at radius 2 is 1.90 bits per heavy atom. The van der Waals surface area contributed by atoms with Crippen molar-refractivity contribution in [2.24, 2.45) is 5.92 Å². The van der Waals surface area contributed by atoms with Gasteiger partial charge in [-0.15, -0.1) is 0 Å². The van der Waals surface area contributed by atoms with Gasteiger partial charge >= 0.3 is 12.1 Å². The number of halogens is 3. The van der Waals surface area contributed by atoms with Gasteiger partial charge in [0.2, 0.25) is 5.91 Å². The van der Waals surface area contributed by atoms with Crippen LogP contribution in [-0.4, -0.2) is 53.2 Å². The van der Waals surface area contributed by atoms with E-state index < -0.39 is 34.6 Å². The van der Waals surface area contributed by atoms with Crippen molar-refractivity contribution in [2.45, 2.75) is 68.7 Å². The minimum Gasteiger partial charge on any atom is -0.427 e. The molecule has 3 unspecified atom stereocenters. The molecule has 0 bridgehead atoms. The minimum atomic E-state index is -4.46. The lowest BCUT2D eigenvalue weighted by atomic mass is 9.55. The molecule has 1 saturated heterocycles. The number of ether oxygens (including phenoxy) is 1. The Hall–Kier alpha value is -3.17. The molecule has 2 aromatic carbocycles.